The van der Waals surface area contributed by atoms with Gasteiger partial charge >= 0.3 is 0 Å². The summed E-state index contributed by atoms with van der Waals surface area (Å²) in [7, 11) is 0. The predicted octanol–water partition coefficient (Wildman–Crippen LogP) is 2.41. The van der Waals surface area contributed by atoms with Gasteiger partial charge in [-0.2, -0.15) is 5.10 Å². The number of carbonyl (C=O) groups excluding carboxylic acids is 1. The lowest BCUT2D eigenvalue weighted by Gasteiger charge is -2.25. The normalized spacial score (nSPS) is 14.0. The Morgan fingerprint density at radius 1 is 1.33 bits per heavy atom. The number of pyridine rings is 1. The molecule has 3 aromatic rings. The minimum absolute atomic E-state index is 0.0709. The van der Waals surface area contributed by atoms with Gasteiger partial charge in [-0.25, -0.2) is 0 Å². The van der Waals surface area contributed by atoms with Gasteiger partial charge in [0.15, 0.2) is 5.82 Å². The molecule has 1 saturated carbocycles. The third-order valence-electron chi connectivity index (χ3n) is 5.65. The fraction of sp³-hybridized carbons (Fsp3) is 0.381. The number of hydrogen-bond acceptors (Lipinski definition) is 6. The number of nitrogens with two attached hydrogens (primary N) is 2. The lowest BCUT2D eigenvalue weighted by molar-refractivity contribution is -0.121. The van der Waals surface area contributed by atoms with Crippen molar-refractivity contribution in [2.45, 2.75) is 44.2 Å². The van der Waals surface area contributed by atoms with Crippen LogP contribution in [0.5, 0.6) is 0 Å². The largest absolute Gasteiger partial charge is 0.393 e. The van der Waals surface area contributed by atoms with E-state index in [9.17, 15) is 9.59 Å². The van der Waals surface area contributed by atoms with Crippen LogP contribution in [0.4, 0.5) is 11.5 Å². The molecule has 0 aliphatic heterocycles. The number of benzene rings is 1. The van der Waals surface area contributed by atoms with Crippen molar-refractivity contribution in [1.82, 2.24) is 20.1 Å². The molecule has 4 rings (SSSR count). The van der Waals surface area contributed by atoms with Crippen molar-refractivity contribution in [3.05, 3.63) is 45.9 Å². The zero-order valence-corrected chi connectivity index (χ0v) is 17.7. The molecular formula is C21H26N6O2S. The standard InChI is InChI=1S/C21H26N6O2S/c1-12-7-17(30-11-13-3-2-4-13)19(22)21(29)27(12)10-18(28)24-9-14-5-6-16-15(8-14)20(23)26-25-16/h5-8,13H,2-4,9-11,22H2,1H3,(H,24,28)(H3,23,25,26). The lowest BCUT2D eigenvalue weighted by Crippen LogP contribution is -2.34. The van der Waals surface area contributed by atoms with E-state index in [0.29, 0.717) is 12.4 Å². The van der Waals surface area contributed by atoms with Crippen molar-refractivity contribution in [1.29, 1.82) is 0 Å². The fourth-order valence-electron chi connectivity index (χ4n) is 3.53. The molecule has 2 heterocycles. The second kappa shape index (κ2) is 8.43. The molecule has 0 radical (unpaired) electrons. The number of rotatable bonds is 7. The highest BCUT2D eigenvalue weighted by Gasteiger charge is 2.19. The number of thioether (sulfide) groups is 1. The van der Waals surface area contributed by atoms with E-state index in [1.54, 1.807) is 11.8 Å². The molecule has 2 aromatic heterocycles. The van der Waals surface area contributed by atoms with Crippen molar-refractivity contribution >= 4 is 40.1 Å². The van der Waals surface area contributed by atoms with Gasteiger partial charge in [0.05, 0.1) is 5.52 Å². The number of aromatic amines is 1. The van der Waals surface area contributed by atoms with Gasteiger partial charge in [-0.3, -0.25) is 14.7 Å². The summed E-state index contributed by atoms with van der Waals surface area (Å²) in [5, 5.41) is 10.5. The number of aromatic nitrogens is 3. The Labute approximate surface area is 178 Å². The quantitative estimate of drug-likeness (QED) is 0.429. The highest BCUT2D eigenvalue weighted by Crippen LogP contribution is 2.34. The number of amides is 1. The summed E-state index contributed by atoms with van der Waals surface area (Å²) < 4.78 is 1.43. The van der Waals surface area contributed by atoms with E-state index in [-0.39, 0.29) is 23.7 Å². The van der Waals surface area contributed by atoms with Crippen LogP contribution in [0.2, 0.25) is 0 Å². The summed E-state index contributed by atoms with van der Waals surface area (Å²) >= 11 is 1.64. The molecule has 1 aromatic carbocycles. The zero-order chi connectivity index (χ0) is 21.3. The molecule has 6 N–H and O–H groups in total. The molecule has 1 amide bonds. The van der Waals surface area contributed by atoms with Crippen molar-refractivity contribution in [3.63, 3.8) is 0 Å². The van der Waals surface area contributed by atoms with E-state index in [0.717, 1.165) is 38.7 Å². The van der Waals surface area contributed by atoms with E-state index >= 15 is 0 Å². The molecule has 0 spiro atoms. The maximum Gasteiger partial charge on any atom is 0.275 e. The van der Waals surface area contributed by atoms with Gasteiger partial charge in [0.2, 0.25) is 5.91 Å². The molecule has 0 atom stereocenters. The van der Waals surface area contributed by atoms with Crippen LogP contribution >= 0.6 is 11.8 Å². The SMILES string of the molecule is Cc1cc(SCC2CCC2)c(N)c(=O)n1CC(=O)NCc1ccc2[nH]nc(N)c2c1. The van der Waals surface area contributed by atoms with Gasteiger partial charge in [-0.1, -0.05) is 12.5 Å². The molecule has 1 aliphatic rings. The van der Waals surface area contributed by atoms with Crippen molar-refractivity contribution in [3.8, 4) is 0 Å². The van der Waals surface area contributed by atoms with E-state index < -0.39 is 0 Å². The average molecular weight is 427 g/mol. The number of aryl methyl sites for hydroxylation is 1. The van der Waals surface area contributed by atoms with Gasteiger partial charge < -0.3 is 21.4 Å². The third-order valence-corrected chi connectivity index (χ3v) is 6.94. The van der Waals surface area contributed by atoms with E-state index in [1.807, 2.05) is 31.2 Å². The molecule has 8 nitrogen and oxygen atoms in total. The predicted molar refractivity (Wildman–Crippen MR) is 120 cm³/mol. The zero-order valence-electron chi connectivity index (χ0n) is 16.9. The molecule has 9 heteroatoms. The van der Waals surface area contributed by atoms with Gasteiger partial charge in [0.25, 0.3) is 5.56 Å². The number of hydrogen-bond donors (Lipinski definition) is 4. The second-order valence-corrected chi connectivity index (χ2v) is 8.89. The van der Waals surface area contributed by atoms with Crippen LogP contribution in [-0.2, 0) is 17.9 Å². The van der Waals surface area contributed by atoms with Gasteiger partial charge in [-0.15, -0.1) is 11.8 Å². The first-order valence-electron chi connectivity index (χ1n) is 10.0. The van der Waals surface area contributed by atoms with Crippen LogP contribution in [0.1, 0.15) is 30.5 Å². The third kappa shape index (κ3) is 4.16. The number of anilines is 2. The highest BCUT2D eigenvalue weighted by atomic mass is 32.2. The number of nitrogens with one attached hydrogen (secondary N) is 2. The Balaban J connectivity index is 1.41. The number of nitrogen functional groups attached to an aromatic ring is 2. The first kappa shape index (κ1) is 20.3. The van der Waals surface area contributed by atoms with E-state index in [4.69, 9.17) is 11.5 Å². The Hall–Kier alpha value is -2.94. The monoisotopic (exact) mass is 426 g/mol. The first-order chi connectivity index (χ1) is 14.4. The molecular weight excluding hydrogens is 400 g/mol. The lowest BCUT2D eigenvalue weighted by atomic mass is 9.87. The summed E-state index contributed by atoms with van der Waals surface area (Å²) in [4.78, 5) is 26.0. The van der Waals surface area contributed by atoms with Crippen LogP contribution in [0.15, 0.2) is 34.0 Å². The topological polar surface area (TPSA) is 132 Å². The summed E-state index contributed by atoms with van der Waals surface area (Å²) in [6.07, 6.45) is 3.80. The Morgan fingerprint density at radius 2 is 2.13 bits per heavy atom. The van der Waals surface area contributed by atoms with Crippen molar-refractivity contribution in [2.24, 2.45) is 5.92 Å². The van der Waals surface area contributed by atoms with Crippen LogP contribution in [0.3, 0.4) is 0 Å². The highest BCUT2D eigenvalue weighted by molar-refractivity contribution is 7.99. The van der Waals surface area contributed by atoms with Crippen LogP contribution < -0.4 is 22.3 Å². The fourth-order valence-corrected chi connectivity index (χ4v) is 4.78. The Kier molecular flexibility index (Phi) is 5.72. The van der Waals surface area contributed by atoms with Crippen molar-refractivity contribution < 1.29 is 4.79 Å². The molecule has 158 valence electrons. The van der Waals surface area contributed by atoms with Crippen molar-refractivity contribution in [2.75, 3.05) is 17.2 Å². The average Bonchev–Trinajstić information content (AvgIpc) is 3.06. The van der Waals surface area contributed by atoms with Gasteiger partial charge in [0, 0.05) is 28.3 Å². The summed E-state index contributed by atoms with van der Waals surface area (Å²) in [5.74, 6) is 1.87. The smallest absolute Gasteiger partial charge is 0.275 e. The molecule has 1 fully saturated rings. The molecule has 0 unspecified atom stereocenters. The first-order valence-corrected chi connectivity index (χ1v) is 11.0. The Morgan fingerprint density at radius 3 is 2.87 bits per heavy atom. The van der Waals surface area contributed by atoms with E-state index in [1.165, 1.54) is 23.8 Å². The van der Waals surface area contributed by atoms with Gasteiger partial charge in [-0.05, 0) is 49.4 Å². The molecule has 0 bridgehead atoms. The second-order valence-electron chi connectivity index (χ2n) is 7.83. The summed E-state index contributed by atoms with van der Waals surface area (Å²) in [6.45, 7) is 2.09. The Bertz CT molecular complexity index is 1150. The maximum atomic E-state index is 12.7. The van der Waals surface area contributed by atoms with E-state index in [2.05, 4.69) is 15.5 Å². The number of nitrogens with zero attached hydrogens (tertiary/aromatic N) is 2. The summed E-state index contributed by atoms with van der Waals surface area (Å²) in [5.41, 5.74) is 14.3. The number of H-pyrrole nitrogens is 1. The molecule has 30 heavy (non-hydrogen) atoms. The summed E-state index contributed by atoms with van der Waals surface area (Å²) in [6, 6.07) is 7.56. The molecule has 1 aliphatic carbocycles. The molecule has 0 saturated heterocycles. The van der Waals surface area contributed by atoms with Crippen LogP contribution in [0, 0.1) is 12.8 Å². The van der Waals surface area contributed by atoms with Gasteiger partial charge in [0.1, 0.15) is 12.2 Å². The number of fused-ring (bicyclic) bond motifs is 1. The maximum absolute atomic E-state index is 12.7. The van der Waals surface area contributed by atoms with Crippen LogP contribution in [0.25, 0.3) is 10.9 Å². The number of carbonyl (C=O) groups is 1. The minimum atomic E-state index is -0.311. The minimum Gasteiger partial charge on any atom is -0.393 e. The van der Waals surface area contributed by atoms with Crippen LogP contribution in [-0.4, -0.2) is 26.4 Å².